The van der Waals surface area contributed by atoms with Crippen LogP contribution in [0.2, 0.25) is 0 Å². The van der Waals surface area contributed by atoms with E-state index in [1.807, 2.05) is 24.3 Å². The molecule has 0 unspecified atom stereocenters. The number of benzene rings is 3. The first-order valence-corrected chi connectivity index (χ1v) is 11.3. The van der Waals surface area contributed by atoms with Crippen LogP contribution in [0.5, 0.6) is 5.75 Å². The zero-order chi connectivity index (χ0) is 25.8. The van der Waals surface area contributed by atoms with E-state index in [1.54, 1.807) is 48.5 Å². The predicted molar refractivity (Wildman–Crippen MR) is 131 cm³/mol. The van der Waals surface area contributed by atoms with Crippen LogP contribution in [0.15, 0.2) is 84.9 Å². The predicted octanol–water partition coefficient (Wildman–Crippen LogP) is 2.45. The minimum atomic E-state index is -1.35. The van der Waals surface area contributed by atoms with Crippen molar-refractivity contribution in [1.82, 2.24) is 10.6 Å². The highest BCUT2D eigenvalue weighted by atomic mass is 16.5. The molecule has 0 radical (unpaired) electrons. The van der Waals surface area contributed by atoms with Crippen molar-refractivity contribution in [2.24, 2.45) is 0 Å². The SMILES string of the molecule is O=C(N[C@@H](CO)C(=O)N[C@@H](Cc1ccc(O)cc1)C(=O)OCc1ccccc1)OCc1ccccc1. The summed E-state index contributed by atoms with van der Waals surface area (Å²) in [7, 11) is 0. The van der Waals surface area contributed by atoms with E-state index in [1.165, 1.54) is 12.1 Å². The average molecular weight is 493 g/mol. The number of rotatable bonds is 11. The first kappa shape index (κ1) is 26.2. The Hall–Kier alpha value is -4.37. The van der Waals surface area contributed by atoms with Gasteiger partial charge in [-0.1, -0.05) is 72.8 Å². The minimum Gasteiger partial charge on any atom is -0.508 e. The van der Waals surface area contributed by atoms with Crippen LogP contribution in [0.25, 0.3) is 0 Å². The molecule has 2 amide bonds. The number of carbonyl (C=O) groups is 3. The lowest BCUT2D eigenvalue weighted by Crippen LogP contribution is -2.54. The van der Waals surface area contributed by atoms with E-state index < -0.39 is 36.7 Å². The van der Waals surface area contributed by atoms with Gasteiger partial charge in [-0.15, -0.1) is 0 Å². The third-order valence-corrected chi connectivity index (χ3v) is 5.20. The molecule has 0 aliphatic carbocycles. The van der Waals surface area contributed by atoms with Gasteiger partial charge >= 0.3 is 12.1 Å². The topological polar surface area (TPSA) is 134 Å². The molecule has 188 valence electrons. The number of hydrogen-bond acceptors (Lipinski definition) is 7. The third-order valence-electron chi connectivity index (χ3n) is 5.20. The van der Waals surface area contributed by atoms with E-state index in [2.05, 4.69) is 10.6 Å². The molecule has 0 bridgehead atoms. The normalized spacial score (nSPS) is 12.1. The van der Waals surface area contributed by atoms with Crippen LogP contribution >= 0.6 is 0 Å². The number of alkyl carbamates (subject to hydrolysis) is 1. The summed E-state index contributed by atoms with van der Waals surface area (Å²) in [6.45, 7) is -0.714. The fourth-order valence-electron chi connectivity index (χ4n) is 3.26. The molecular formula is C27H28N2O7. The Morgan fingerprint density at radius 2 is 1.25 bits per heavy atom. The Morgan fingerprint density at radius 3 is 1.81 bits per heavy atom. The van der Waals surface area contributed by atoms with E-state index in [0.717, 1.165) is 11.1 Å². The Morgan fingerprint density at radius 1 is 0.694 bits per heavy atom. The Kier molecular flexibility index (Phi) is 9.84. The van der Waals surface area contributed by atoms with Crippen molar-refractivity contribution in [2.45, 2.75) is 31.7 Å². The van der Waals surface area contributed by atoms with Crippen molar-refractivity contribution in [3.8, 4) is 5.75 Å². The van der Waals surface area contributed by atoms with Crippen LogP contribution in [-0.2, 0) is 38.7 Å². The summed E-state index contributed by atoms with van der Waals surface area (Å²) >= 11 is 0. The Labute approximate surface area is 208 Å². The van der Waals surface area contributed by atoms with Crippen molar-refractivity contribution in [2.75, 3.05) is 6.61 Å². The lowest BCUT2D eigenvalue weighted by atomic mass is 10.1. The van der Waals surface area contributed by atoms with E-state index in [0.29, 0.717) is 5.56 Å². The standard InChI is InChI=1S/C27H28N2O7/c30-16-24(29-27(34)36-18-21-9-5-2-6-10-21)25(32)28-23(15-19-11-13-22(31)14-12-19)26(33)35-17-20-7-3-1-4-8-20/h1-14,23-24,30-31H,15-18H2,(H,28,32)(H,29,34)/t23-,24-/m0/s1. The zero-order valence-corrected chi connectivity index (χ0v) is 19.5. The highest BCUT2D eigenvalue weighted by molar-refractivity contribution is 5.89. The largest absolute Gasteiger partial charge is 0.508 e. The lowest BCUT2D eigenvalue weighted by Gasteiger charge is -2.22. The Balaban J connectivity index is 1.62. The van der Waals surface area contributed by atoms with E-state index in [9.17, 15) is 24.6 Å². The fourth-order valence-corrected chi connectivity index (χ4v) is 3.26. The van der Waals surface area contributed by atoms with Gasteiger partial charge in [-0.25, -0.2) is 9.59 Å². The first-order chi connectivity index (χ1) is 17.4. The molecule has 9 heteroatoms. The van der Waals surface area contributed by atoms with Crippen molar-refractivity contribution >= 4 is 18.0 Å². The van der Waals surface area contributed by atoms with Gasteiger partial charge in [0.15, 0.2) is 0 Å². The number of phenols is 1. The zero-order valence-electron chi connectivity index (χ0n) is 19.5. The number of aliphatic hydroxyl groups excluding tert-OH is 1. The van der Waals surface area contributed by atoms with Crippen LogP contribution in [0.3, 0.4) is 0 Å². The maximum absolute atomic E-state index is 12.9. The summed E-state index contributed by atoms with van der Waals surface area (Å²) < 4.78 is 10.5. The second-order valence-electron chi connectivity index (χ2n) is 7.97. The molecule has 9 nitrogen and oxygen atoms in total. The van der Waals surface area contributed by atoms with Crippen LogP contribution in [-0.4, -0.2) is 46.9 Å². The van der Waals surface area contributed by atoms with Crippen LogP contribution in [0, 0.1) is 0 Å². The van der Waals surface area contributed by atoms with Gasteiger partial charge in [-0.3, -0.25) is 4.79 Å². The van der Waals surface area contributed by atoms with Gasteiger partial charge in [-0.2, -0.15) is 0 Å². The molecule has 0 aliphatic rings. The number of aliphatic hydroxyl groups is 1. The van der Waals surface area contributed by atoms with Gasteiger partial charge < -0.3 is 30.3 Å². The van der Waals surface area contributed by atoms with Gasteiger partial charge in [0.1, 0.15) is 31.0 Å². The van der Waals surface area contributed by atoms with Crippen molar-refractivity contribution < 1.29 is 34.1 Å². The number of phenolic OH excluding ortho intramolecular Hbond substituents is 1. The van der Waals surface area contributed by atoms with Gasteiger partial charge in [0.25, 0.3) is 0 Å². The van der Waals surface area contributed by atoms with Crippen LogP contribution in [0.4, 0.5) is 4.79 Å². The number of aromatic hydroxyl groups is 1. The van der Waals surface area contributed by atoms with Gasteiger partial charge in [0.05, 0.1) is 6.61 Å². The number of esters is 1. The molecular weight excluding hydrogens is 464 g/mol. The summed E-state index contributed by atoms with van der Waals surface area (Å²) in [5, 5.41) is 24.0. The molecule has 0 aliphatic heterocycles. The third kappa shape index (κ3) is 8.44. The van der Waals surface area contributed by atoms with Crippen molar-refractivity contribution in [3.05, 3.63) is 102 Å². The van der Waals surface area contributed by atoms with E-state index in [4.69, 9.17) is 9.47 Å². The summed E-state index contributed by atoms with van der Waals surface area (Å²) in [6.07, 6.45) is -0.828. The van der Waals surface area contributed by atoms with E-state index >= 15 is 0 Å². The molecule has 3 aromatic carbocycles. The molecule has 0 heterocycles. The van der Waals surface area contributed by atoms with Crippen LogP contribution in [0.1, 0.15) is 16.7 Å². The number of carbonyl (C=O) groups excluding carboxylic acids is 3. The average Bonchev–Trinajstić information content (AvgIpc) is 2.91. The van der Waals surface area contributed by atoms with Crippen molar-refractivity contribution in [1.29, 1.82) is 0 Å². The molecule has 0 saturated heterocycles. The molecule has 0 saturated carbocycles. The lowest BCUT2D eigenvalue weighted by molar-refractivity contribution is -0.149. The van der Waals surface area contributed by atoms with Gasteiger partial charge in [0, 0.05) is 6.42 Å². The van der Waals surface area contributed by atoms with Crippen molar-refractivity contribution in [3.63, 3.8) is 0 Å². The van der Waals surface area contributed by atoms with E-state index in [-0.39, 0.29) is 25.4 Å². The first-order valence-electron chi connectivity index (χ1n) is 11.3. The monoisotopic (exact) mass is 492 g/mol. The molecule has 36 heavy (non-hydrogen) atoms. The second kappa shape index (κ2) is 13.5. The molecule has 4 N–H and O–H groups in total. The van der Waals surface area contributed by atoms with Gasteiger partial charge in [0.2, 0.25) is 5.91 Å². The Bertz CT molecular complexity index is 1120. The van der Waals surface area contributed by atoms with Crippen LogP contribution < -0.4 is 10.6 Å². The molecule has 0 fully saturated rings. The number of nitrogens with one attached hydrogen (secondary N) is 2. The number of amides is 2. The molecule has 0 spiro atoms. The highest BCUT2D eigenvalue weighted by Gasteiger charge is 2.28. The summed E-state index contributed by atoms with van der Waals surface area (Å²) in [6, 6.07) is 21.7. The molecule has 3 rings (SSSR count). The summed E-state index contributed by atoms with van der Waals surface area (Å²) in [5.41, 5.74) is 2.19. The summed E-state index contributed by atoms with van der Waals surface area (Å²) in [4.78, 5) is 37.8. The minimum absolute atomic E-state index is 0.00904. The maximum Gasteiger partial charge on any atom is 0.408 e. The second-order valence-corrected chi connectivity index (χ2v) is 7.97. The number of hydrogen-bond donors (Lipinski definition) is 4. The molecule has 3 aromatic rings. The highest BCUT2D eigenvalue weighted by Crippen LogP contribution is 2.13. The number of ether oxygens (including phenoxy) is 2. The summed E-state index contributed by atoms with van der Waals surface area (Å²) in [5.74, 6) is -1.41. The quantitative estimate of drug-likeness (QED) is 0.302. The smallest absolute Gasteiger partial charge is 0.408 e. The maximum atomic E-state index is 12.9. The van der Waals surface area contributed by atoms with Gasteiger partial charge in [-0.05, 0) is 28.8 Å². The molecule has 0 aromatic heterocycles. The molecule has 2 atom stereocenters. The fraction of sp³-hybridized carbons (Fsp3) is 0.222.